The average molecular weight is 408 g/mol. The Morgan fingerprint density at radius 2 is 2.10 bits per heavy atom. The molecule has 2 aliphatic heterocycles. The molecule has 0 saturated carbocycles. The molecule has 1 fully saturated rings. The number of carbonyl (C=O) groups excluding carboxylic acids is 2. The highest BCUT2D eigenvalue weighted by atomic mass is 16.5. The van der Waals surface area contributed by atoms with Crippen LogP contribution in [-0.2, 0) is 16.1 Å². The molecule has 1 aromatic carbocycles. The van der Waals surface area contributed by atoms with Gasteiger partial charge in [-0.15, -0.1) is 0 Å². The van der Waals surface area contributed by atoms with Crippen molar-refractivity contribution in [2.24, 2.45) is 5.92 Å². The first kappa shape index (κ1) is 20.1. The zero-order valence-corrected chi connectivity index (χ0v) is 16.8. The SMILES string of the molecule is CCOC(=O)C1CCN(Cc2c(O)ccc3c2O/C(=C/c2ccccn2)C3=O)CC1. The fraction of sp³-hybridized carbons (Fsp3) is 0.348. The minimum Gasteiger partial charge on any atom is -0.507 e. The number of hydrogen-bond donors (Lipinski definition) is 1. The summed E-state index contributed by atoms with van der Waals surface area (Å²) >= 11 is 0. The Kier molecular flexibility index (Phi) is 5.81. The summed E-state index contributed by atoms with van der Waals surface area (Å²) in [6.07, 6.45) is 4.67. The minimum atomic E-state index is -0.224. The molecular formula is C23H24N2O5. The first-order chi connectivity index (χ1) is 14.6. The molecular weight excluding hydrogens is 384 g/mol. The van der Waals surface area contributed by atoms with E-state index in [1.54, 1.807) is 30.5 Å². The second-order valence-corrected chi connectivity index (χ2v) is 7.44. The lowest BCUT2D eigenvalue weighted by atomic mass is 9.96. The van der Waals surface area contributed by atoms with Crippen LogP contribution in [0, 0.1) is 5.92 Å². The van der Waals surface area contributed by atoms with Gasteiger partial charge in [0.2, 0.25) is 5.78 Å². The average Bonchev–Trinajstić information content (AvgIpc) is 3.07. The number of rotatable bonds is 5. The molecule has 0 aliphatic carbocycles. The molecule has 0 atom stereocenters. The Labute approximate surface area is 174 Å². The van der Waals surface area contributed by atoms with E-state index in [-0.39, 0.29) is 29.2 Å². The summed E-state index contributed by atoms with van der Waals surface area (Å²) in [5.41, 5.74) is 1.65. The number of esters is 1. The molecule has 2 aliphatic rings. The second kappa shape index (κ2) is 8.67. The van der Waals surface area contributed by atoms with Gasteiger partial charge in [0.25, 0.3) is 0 Å². The lowest BCUT2D eigenvalue weighted by molar-refractivity contribution is -0.149. The van der Waals surface area contributed by atoms with Crippen molar-refractivity contribution in [1.82, 2.24) is 9.88 Å². The number of allylic oxidation sites excluding steroid dienone is 1. The highest BCUT2D eigenvalue weighted by molar-refractivity contribution is 6.14. The Morgan fingerprint density at radius 3 is 2.80 bits per heavy atom. The largest absolute Gasteiger partial charge is 0.507 e. The standard InChI is InChI=1S/C23H24N2O5/c1-2-29-23(28)15-8-11-25(12-9-15)14-18-19(26)7-6-17-21(27)20(30-22(17)18)13-16-5-3-4-10-24-16/h3-7,10,13,15,26H,2,8-9,11-12,14H2,1H3/b20-13+. The summed E-state index contributed by atoms with van der Waals surface area (Å²) in [5, 5.41) is 10.5. The predicted molar refractivity (Wildman–Crippen MR) is 110 cm³/mol. The number of benzene rings is 1. The molecule has 156 valence electrons. The number of ether oxygens (including phenoxy) is 2. The molecule has 0 bridgehead atoms. The minimum absolute atomic E-state index is 0.0815. The van der Waals surface area contributed by atoms with Gasteiger partial charge in [0.1, 0.15) is 11.5 Å². The Bertz CT molecular complexity index is 979. The van der Waals surface area contributed by atoms with Gasteiger partial charge in [-0.25, -0.2) is 0 Å². The van der Waals surface area contributed by atoms with Crippen molar-refractivity contribution in [2.75, 3.05) is 19.7 Å². The van der Waals surface area contributed by atoms with Gasteiger partial charge < -0.3 is 14.6 Å². The number of hydrogen-bond acceptors (Lipinski definition) is 7. The molecule has 7 nitrogen and oxygen atoms in total. The Morgan fingerprint density at radius 1 is 1.30 bits per heavy atom. The lowest BCUT2D eigenvalue weighted by Crippen LogP contribution is -2.36. The molecule has 1 aromatic heterocycles. The zero-order chi connectivity index (χ0) is 21.1. The van der Waals surface area contributed by atoms with Crippen molar-refractivity contribution in [3.05, 3.63) is 59.1 Å². The normalized spacial score (nSPS) is 18.3. The third kappa shape index (κ3) is 4.07. The quantitative estimate of drug-likeness (QED) is 0.600. The third-order valence-corrected chi connectivity index (χ3v) is 5.47. The van der Waals surface area contributed by atoms with Crippen LogP contribution >= 0.6 is 0 Å². The van der Waals surface area contributed by atoms with E-state index in [0.717, 1.165) is 0 Å². The number of carbonyl (C=O) groups is 2. The van der Waals surface area contributed by atoms with E-state index in [0.29, 0.717) is 61.7 Å². The monoisotopic (exact) mass is 408 g/mol. The van der Waals surface area contributed by atoms with Gasteiger partial charge >= 0.3 is 5.97 Å². The van der Waals surface area contributed by atoms with Crippen LogP contribution in [0.2, 0.25) is 0 Å². The van der Waals surface area contributed by atoms with Crippen LogP contribution in [0.4, 0.5) is 0 Å². The third-order valence-electron chi connectivity index (χ3n) is 5.47. The van der Waals surface area contributed by atoms with Gasteiger partial charge in [0.05, 0.1) is 29.3 Å². The molecule has 30 heavy (non-hydrogen) atoms. The number of piperidine rings is 1. The summed E-state index contributed by atoms with van der Waals surface area (Å²) in [5.74, 6) is 0.234. The molecule has 0 unspecified atom stereocenters. The van der Waals surface area contributed by atoms with E-state index >= 15 is 0 Å². The maximum absolute atomic E-state index is 12.8. The molecule has 3 heterocycles. The predicted octanol–water partition coefficient (Wildman–Crippen LogP) is 3.18. The summed E-state index contributed by atoms with van der Waals surface area (Å²) in [7, 11) is 0. The number of fused-ring (bicyclic) bond motifs is 1. The van der Waals surface area contributed by atoms with Crippen LogP contribution in [0.25, 0.3) is 6.08 Å². The molecule has 1 saturated heterocycles. The number of aromatic hydroxyl groups is 1. The van der Waals surface area contributed by atoms with Gasteiger partial charge in [-0.2, -0.15) is 0 Å². The number of likely N-dealkylation sites (tertiary alicyclic amines) is 1. The summed E-state index contributed by atoms with van der Waals surface area (Å²) in [6.45, 7) is 4.05. The molecule has 2 aromatic rings. The Hall–Kier alpha value is -3.19. The van der Waals surface area contributed by atoms with Gasteiger partial charge in [-0.3, -0.25) is 19.5 Å². The lowest BCUT2D eigenvalue weighted by Gasteiger charge is -2.31. The van der Waals surface area contributed by atoms with Crippen molar-refractivity contribution in [3.63, 3.8) is 0 Å². The smallest absolute Gasteiger partial charge is 0.309 e. The summed E-state index contributed by atoms with van der Waals surface area (Å²) in [6, 6.07) is 8.55. The van der Waals surface area contributed by atoms with Gasteiger partial charge in [-0.1, -0.05) is 6.07 Å². The number of phenolic OH excluding ortho intramolecular Hbond substituents is 1. The van der Waals surface area contributed by atoms with Crippen LogP contribution in [-0.4, -0.2) is 46.4 Å². The van der Waals surface area contributed by atoms with E-state index in [4.69, 9.17) is 9.47 Å². The van der Waals surface area contributed by atoms with Gasteiger partial charge in [0.15, 0.2) is 5.76 Å². The fourth-order valence-corrected chi connectivity index (χ4v) is 3.86. The van der Waals surface area contributed by atoms with Crippen molar-refractivity contribution >= 4 is 17.8 Å². The molecule has 4 rings (SSSR count). The number of phenols is 1. The van der Waals surface area contributed by atoms with E-state index < -0.39 is 0 Å². The van der Waals surface area contributed by atoms with Crippen LogP contribution in [0.3, 0.4) is 0 Å². The maximum atomic E-state index is 12.8. The zero-order valence-electron chi connectivity index (χ0n) is 16.8. The van der Waals surface area contributed by atoms with E-state index in [1.165, 1.54) is 6.07 Å². The number of pyridine rings is 1. The van der Waals surface area contributed by atoms with E-state index in [9.17, 15) is 14.7 Å². The second-order valence-electron chi connectivity index (χ2n) is 7.44. The van der Waals surface area contributed by atoms with Crippen molar-refractivity contribution < 1.29 is 24.2 Å². The first-order valence-electron chi connectivity index (χ1n) is 10.2. The highest BCUT2D eigenvalue weighted by Gasteiger charge is 2.33. The molecule has 0 spiro atoms. The topological polar surface area (TPSA) is 89.0 Å². The molecule has 1 N–H and O–H groups in total. The summed E-state index contributed by atoms with van der Waals surface area (Å²) < 4.78 is 11.0. The maximum Gasteiger partial charge on any atom is 0.309 e. The number of ketones is 1. The van der Waals surface area contributed by atoms with Gasteiger partial charge in [-0.05, 0) is 57.1 Å². The number of aromatic nitrogens is 1. The number of Topliss-reactive ketones (excluding diaryl/α,β-unsaturated/α-hetero) is 1. The summed E-state index contributed by atoms with van der Waals surface area (Å²) in [4.78, 5) is 31.1. The van der Waals surface area contributed by atoms with Crippen LogP contribution in [0.5, 0.6) is 11.5 Å². The van der Waals surface area contributed by atoms with Crippen molar-refractivity contribution in [1.29, 1.82) is 0 Å². The van der Waals surface area contributed by atoms with E-state index in [2.05, 4.69) is 9.88 Å². The highest BCUT2D eigenvalue weighted by Crippen LogP contribution is 2.40. The molecule has 0 amide bonds. The first-order valence-corrected chi connectivity index (χ1v) is 10.2. The molecule has 0 radical (unpaired) electrons. The number of nitrogens with zero attached hydrogens (tertiary/aromatic N) is 2. The van der Waals surface area contributed by atoms with Crippen LogP contribution in [0.1, 0.15) is 41.4 Å². The van der Waals surface area contributed by atoms with Crippen LogP contribution in [0.15, 0.2) is 42.3 Å². The van der Waals surface area contributed by atoms with E-state index in [1.807, 2.05) is 13.0 Å². The van der Waals surface area contributed by atoms with Gasteiger partial charge in [0, 0.05) is 18.8 Å². The molecule has 7 heteroatoms. The van der Waals surface area contributed by atoms with Crippen molar-refractivity contribution in [3.8, 4) is 11.5 Å². The van der Waals surface area contributed by atoms with Crippen molar-refractivity contribution in [2.45, 2.75) is 26.3 Å². The van der Waals surface area contributed by atoms with Crippen LogP contribution < -0.4 is 4.74 Å². The Balaban J connectivity index is 1.50. The fourth-order valence-electron chi connectivity index (χ4n) is 3.86.